The van der Waals surface area contributed by atoms with E-state index in [1.165, 1.54) is 5.56 Å². The van der Waals surface area contributed by atoms with Crippen molar-refractivity contribution < 1.29 is 9.53 Å². The van der Waals surface area contributed by atoms with Gasteiger partial charge in [-0.15, -0.1) is 0 Å². The number of aromatic nitrogens is 2. The molecule has 0 spiro atoms. The third-order valence-corrected chi connectivity index (χ3v) is 8.18. The summed E-state index contributed by atoms with van der Waals surface area (Å²) in [6.45, 7) is 5.46. The monoisotopic (exact) mass is 482 g/mol. The number of hydrogen-bond donors (Lipinski definition) is 0. The van der Waals surface area contributed by atoms with Gasteiger partial charge >= 0.3 is 5.69 Å². The lowest BCUT2D eigenvalue weighted by atomic mass is 9.93. The summed E-state index contributed by atoms with van der Waals surface area (Å²) in [5.74, 6) is 0.442. The molecule has 1 amide bonds. The first-order valence-electron chi connectivity index (χ1n) is 12.4. The number of fused-ring (bicyclic) bond motifs is 1. The summed E-state index contributed by atoms with van der Waals surface area (Å²) in [5, 5.41) is 4.34. The van der Waals surface area contributed by atoms with E-state index < -0.39 is 0 Å². The predicted octanol–water partition coefficient (Wildman–Crippen LogP) is 3.59. The lowest BCUT2D eigenvalue weighted by molar-refractivity contribution is -0.138. The quantitative estimate of drug-likeness (QED) is 0.517. The fourth-order valence-corrected chi connectivity index (χ4v) is 6.23. The molecule has 4 heterocycles. The Morgan fingerprint density at radius 3 is 2.44 bits per heavy atom. The molecule has 0 bridgehead atoms. The number of para-hydroxylation sites is 2. The van der Waals surface area contributed by atoms with Gasteiger partial charge in [-0.25, -0.2) is 4.79 Å². The molecule has 5 rings (SSSR count). The Labute approximate surface area is 204 Å². The highest BCUT2D eigenvalue weighted by Gasteiger charge is 2.32. The largest absolute Gasteiger partial charge is 0.383 e. The smallest absolute Gasteiger partial charge is 0.329 e. The van der Waals surface area contributed by atoms with Crippen LogP contribution in [0.4, 0.5) is 0 Å². The molecule has 182 valence electrons. The van der Waals surface area contributed by atoms with Crippen LogP contribution in [-0.4, -0.2) is 64.7 Å². The molecule has 0 aliphatic carbocycles. The van der Waals surface area contributed by atoms with Crippen molar-refractivity contribution in [2.75, 3.05) is 39.9 Å². The molecule has 7 nitrogen and oxygen atoms in total. The normalized spacial score (nSPS) is 18.7. The number of amides is 1. The van der Waals surface area contributed by atoms with Crippen molar-refractivity contribution in [3.63, 3.8) is 0 Å². The summed E-state index contributed by atoms with van der Waals surface area (Å²) < 4.78 is 8.99. The summed E-state index contributed by atoms with van der Waals surface area (Å²) in [5.41, 5.74) is 3.33. The summed E-state index contributed by atoms with van der Waals surface area (Å²) in [4.78, 5) is 31.0. The Hall–Kier alpha value is -2.42. The van der Waals surface area contributed by atoms with Gasteiger partial charge in [-0.05, 0) is 73.3 Å². The fourth-order valence-electron chi connectivity index (χ4n) is 5.57. The zero-order valence-electron chi connectivity index (χ0n) is 19.9. The van der Waals surface area contributed by atoms with Gasteiger partial charge in [0, 0.05) is 38.7 Å². The van der Waals surface area contributed by atoms with Gasteiger partial charge in [0.2, 0.25) is 5.91 Å². The fraction of sp³-hybridized carbons (Fsp3) is 0.538. The highest BCUT2D eigenvalue weighted by atomic mass is 32.1. The zero-order chi connectivity index (χ0) is 23.5. The first-order chi connectivity index (χ1) is 16.7. The number of carbonyl (C=O) groups is 1. The minimum atomic E-state index is 0.0287. The number of ether oxygens (including phenoxy) is 1. The number of methoxy groups -OCH3 is 1. The Balaban J connectivity index is 1.20. The van der Waals surface area contributed by atoms with Gasteiger partial charge in [0.1, 0.15) is 0 Å². The minimum Gasteiger partial charge on any atom is -0.383 e. The topological polar surface area (TPSA) is 59.7 Å². The molecule has 34 heavy (non-hydrogen) atoms. The lowest BCUT2D eigenvalue weighted by Crippen LogP contribution is -2.46. The molecular formula is C26H34N4O3S. The van der Waals surface area contributed by atoms with Crippen molar-refractivity contribution >= 4 is 28.3 Å². The molecule has 2 fully saturated rings. The van der Waals surface area contributed by atoms with E-state index in [9.17, 15) is 9.59 Å². The van der Waals surface area contributed by atoms with Crippen LogP contribution in [0.3, 0.4) is 0 Å². The van der Waals surface area contributed by atoms with E-state index in [1.54, 1.807) is 18.4 Å². The number of piperidine rings is 2. The molecule has 2 saturated heterocycles. The SMILES string of the molecule is COCCn1c(=O)n(C2CCN(C(=O)C3CCN(Cc4ccsc4)CC3)CC2)c2ccccc21. The molecule has 1 aromatic carbocycles. The van der Waals surface area contributed by atoms with Gasteiger partial charge in [0.05, 0.1) is 24.2 Å². The van der Waals surface area contributed by atoms with Crippen LogP contribution in [0.25, 0.3) is 11.0 Å². The van der Waals surface area contributed by atoms with Crippen LogP contribution in [0.1, 0.15) is 37.3 Å². The maximum atomic E-state index is 13.3. The second-order valence-corrected chi connectivity index (χ2v) is 10.3. The summed E-state index contributed by atoms with van der Waals surface area (Å²) in [6.07, 6.45) is 3.52. The molecule has 0 radical (unpaired) electrons. The van der Waals surface area contributed by atoms with Crippen LogP contribution in [0, 0.1) is 5.92 Å². The maximum absolute atomic E-state index is 13.3. The molecule has 0 unspecified atom stereocenters. The number of benzene rings is 1. The van der Waals surface area contributed by atoms with Crippen molar-refractivity contribution in [1.82, 2.24) is 18.9 Å². The van der Waals surface area contributed by atoms with E-state index in [4.69, 9.17) is 4.74 Å². The van der Waals surface area contributed by atoms with E-state index in [-0.39, 0.29) is 17.6 Å². The third kappa shape index (κ3) is 4.72. The van der Waals surface area contributed by atoms with Crippen LogP contribution >= 0.6 is 11.3 Å². The van der Waals surface area contributed by atoms with Gasteiger partial charge in [0.15, 0.2) is 0 Å². The predicted molar refractivity (Wildman–Crippen MR) is 135 cm³/mol. The molecule has 0 saturated carbocycles. The van der Waals surface area contributed by atoms with E-state index in [0.717, 1.165) is 69.4 Å². The third-order valence-electron chi connectivity index (χ3n) is 7.45. The molecule has 0 atom stereocenters. The average Bonchev–Trinajstić information content (AvgIpc) is 3.48. The van der Waals surface area contributed by atoms with Crippen molar-refractivity contribution in [2.24, 2.45) is 5.92 Å². The van der Waals surface area contributed by atoms with Gasteiger partial charge in [-0.2, -0.15) is 11.3 Å². The second-order valence-electron chi connectivity index (χ2n) is 9.52. The van der Waals surface area contributed by atoms with Crippen LogP contribution < -0.4 is 5.69 Å². The Bertz CT molecular complexity index is 1150. The average molecular weight is 483 g/mol. The molecule has 2 aliphatic heterocycles. The molecule has 3 aromatic rings. The van der Waals surface area contributed by atoms with Gasteiger partial charge in [-0.1, -0.05) is 12.1 Å². The number of hydrogen-bond acceptors (Lipinski definition) is 5. The van der Waals surface area contributed by atoms with Crippen molar-refractivity contribution in [2.45, 2.75) is 44.8 Å². The first kappa shape index (κ1) is 23.3. The van der Waals surface area contributed by atoms with E-state index in [1.807, 2.05) is 38.3 Å². The lowest BCUT2D eigenvalue weighted by Gasteiger charge is -2.37. The summed E-state index contributed by atoms with van der Waals surface area (Å²) in [6, 6.07) is 10.3. The van der Waals surface area contributed by atoms with Crippen molar-refractivity contribution in [3.8, 4) is 0 Å². The zero-order valence-corrected chi connectivity index (χ0v) is 20.7. The molecular weight excluding hydrogens is 448 g/mol. The number of thiophene rings is 1. The number of carbonyl (C=O) groups excluding carboxylic acids is 1. The highest BCUT2D eigenvalue weighted by Crippen LogP contribution is 2.28. The van der Waals surface area contributed by atoms with Crippen molar-refractivity contribution in [1.29, 1.82) is 0 Å². The Morgan fingerprint density at radius 2 is 1.76 bits per heavy atom. The van der Waals surface area contributed by atoms with Crippen molar-refractivity contribution in [3.05, 3.63) is 57.1 Å². The van der Waals surface area contributed by atoms with Gasteiger partial charge in [0.25, 0.3) is 0 Å². The highest BCUT2D eigenvalue weighted by molar-refractivity contribution is 7.07. The second kappa shape index (κ2) is 10.5. The molecule has 8 heteroatoms. The standard InChI is InChI=1S/C26H34N4O3S/c1-33-16-15-29-23-4-2-3-5-24(23)30(26(29)32)22-8-13-28(14-9-22)25(31)21-6-11-27(12-7-21)18-20-10-17-34-19-20/h2-5,10,17,19,21-22H,6-9,11-16,18H2,1H3. The van der Waals surface area contributed by atoms with Crippen LogP contribution in [0.2, 0.25) is 0 Å². The molecule has 0 N–H and O–H groups in total. The minimum absolute atomic E-state index is 0.0287. The van der Waals surface area contributed by atoms with Crippen LogP contribution in [0.5, 0.6) is 0 Å². The van der Waals surface area contributed by atoms with E-state index >= 15 is 0 Å². The summed E-state index contributed by atoms with van der Waals surface area (Å²) in [7, 11) is 1.66. The number of likely N-dealkylation sites (tertiary alicyclic amines) is 2. The summed E-state index contributed by atoms with van der Waals surface area (Å²) >= 11 is 1.74. The number of nitrogens with zero attached hydrogens (tertiary/aromatic N) is 4. The first-order valence-corrected chi connectivity index (χ1v) is 13.3. The van der Waals surface area contributed by atoms with E-state index in [2.05, 4.69) is 21.7 Å². The van der Waals surface area contributed by atoms with Gasteiger partial charge in [-0.3, -0.25) is 18.8 Å². The van der Waals surface area contributed by atoms with Gasteiger partial charge < -0.3 is 9.64 Å². The Kier molecular flexibility index (Phi) is 7.18. The maximum Gasteiger partial charge on any atom is 0.329 e. The van der Waals surface area contributed by atoms with Crippen LogP contribution in [0.15, 0.2) is 45.9 Å². The number of imidazole rings is 1. The van der Waals surface area contributed by atoms with E-state index in [0.29, 0.717) is 19.1 Å². The van der Waals surface area contributed by atoms with Crippen LogP contribution in [-0.2, 0) is 22.6 Å². The Morgan fingerprint density at radius 1 is 1.03 bits per heavy atom. The molecule has 2 aliphatic rings. The number of rotatable bonds is 7. The molecule has 2 aromatic heterocycles.